The van der Waals surface area contributed by atoms with E-state index >= 15 is 0 Å². The molecule has 1 aromatic carbocycles. The summed E-state index contributed by atoms with van der Waals surface area (Å²) in [7, 11) is -1.01. The van der Waals surface area contributed by atoms with Crippen LogP contribution < -0.4 is 5.32 Å². The van der Waals surface area contributed by atoms with E-state index in [1.165, 1.54) is 0 Å². The third kappa shape index (κ3) is 4.64. The minimum atomic E-state index is -1.01. The Kier molecular flexibility index (Phi) is 6.25. The van der Waals surface area contributed by atoms with Crippen LogP contribution in [0.15, 0.2) is 36.4 Å². The van der Waals surface area contributed by atoms with E-state index in [9.17, 15) is 13.8 Å². The molecule has 172 valence electrons. The van der Waals surface area contributed by atoms with E-state index in [4.69, 9.17) is 11.6 Å². The van der Waals surface area contributed by atoms with Crippen molar-refractivity contribution in [3.8, 4) is 0 Å². The topological polar surface area (TPSA) is 71.4 Å². The first-order valence-electron chi connectivity index (χ1n) is 11.0. The number of amides is 2. The van der Waals surface area contributed by atoms with E-state index in [1.54, 1.807) is 24.3 Å². The maximum atomic E-state index is 13.3. The van der Waals surface area contributed by atoms with Crippen molar-refractivity contribution in [3.63, 3.8) is 0 Å². The minimum absolute atomic E-state index is 0.0866. The van der Waals surface area contributed by atoms with Gasteiger partial charge in [0.1, 0.15) is 11.4 Å². The van der Waals surface area contributed by atoms with Crippen LogP contribution in [-0.2, 0) is 23.9 Å². The summed E-state index contributed by atoms with van der Waals surface area (Å²) in [5, 5.41) is 3.58. The number of nitrogens with zero attached hydrogens (tertiary/aromatic N) is 2. The van der Waals surface area contributed by atoms with Crippen molar-refractivity contribution in [2.45, 2.75) is 62.6 Å². The van der Waals surface area contributed by atoms with Crippen LogP contribution in [0.3, 0.4) is 0 Å². The molecular weight excluding hydrogens is 446 g/mol. The van der Waals surface area contributed by atoms with E-state index in [0.717, 1.165) is 24.8 Å². The Labute approximate surface area is 196 Å². The Bertz CT molecular complexity index is 1050. The van der Waals surface area contributed by atoms with Crippen LogP contribution in [0.25, 0.3) is 0 Å². The van der Waals surface area contributed by atoms with Gasteiger partial charge in [0.2, 0.25) is 0 Å². The number of hydrogen-bond acceptors (Lipinski definition) is 3. The molecule has 1 atom stereocenters. The zero-order valence-corrected chi connectivity index (χ0v) is 20.4. The molecule has 2 amide bonds. The summed E-state index contributed by atoms with van der Waals surface area (Å²) in [5.41, 5.74) is 1.97. The summed E-state index contributed by atoms with van der Waals surface area (Å²) >= 11 is 5.92. The summed E-state index contributed by atoms with van der Waals surface area (Å²) in [5.74, 6) is -0.295. The van der Waals surface area contributed by atoms with Crippen molar-refractivity contribution in [1.82, 2.24) is 14.8 Å². The number of benzene rings is 1. The monoisotopic (exact) mass is 475 g/mol. The summed E-state index contributed by atoms with van der Waals surface area (Å²) < 4.78 is 14.3. The lowest BCUT2D eigenvalue weighted by Crippen LogP contribution is -2.44. The highest BCUT2D eigenvalue weighted by Crippen LogP contribution is 2.46. The molecule has 1 aliphatic carbocycles. The van der Waals surface area contributed by atoms with E-state index in [2.05, 4.69) is 5.32 Å². The van der Waals surface area contributed by atoms with Crippen LogP contribution in [-0.4, -0.2) is 48.1 Å². The molecule has 1 N–H and O–H groups in total. The summed E-state index contributed by atoms with van der Waals surface area (Å²) in [6, 6.07) is 10.8. The van der Waals surface area contributed by atoms with Gasteiger partial charge in [0, 0.05) is 46.7 Å². The minimum Gasteiger partial charge on any atom is -0.347 e. The predicted octanol–water partition coefficient (Wildman–Crippen LogP) is 4.00. The second kappa shape index (κ2) is 8.67. The molecule has 1 aliphatic heterocycles. The highest BCUT2D eigenvalue weighted by Gasteiger charge is 2.53. The van der Waals surface area contributed by atoms with E-state index in [1.807, 2.05) is 42.4 Å². The smallest absolute Gasteiger partial charge is 0.270 e. The summed E-state index contributed by atoms with van der Waals surface area (Å²) in [4.78, 5) is 28.0. The van der Waals surface area contributed by atoms with Crippen molar-refractivity contribution in [2.24, 2.45) is 0 Å². The van der Waals surface area contributed by atoms with Gasteiger partial charge in [-0.2, -0.15) is 0 Å². The van der Waals surface area contributed by atoms with Crippen LogP contribution in [0.1, 0.15) is 66.6 Å². The van der Waals surface area contributed by atoms with Crippen LogP contribution in [0.2, 0.25) is 5.02 Å². The molecule has 2 aliphatic rings. The molecule has 2 aromatic rings. The number of hydrogen-bond donors (Lipinski definition) is 1. The average molecular weight is 476 g/mol. The molecule has 0 spiro atoms. The molecule has 2 heterocycles. The van der Waals surface area contributed by atoms with Gasteiger partial charge in [0.15, 0.2) is 0 Å². The Morgan fingerprint density at radius 2 is 1.81 bits per heavy atom. The zero-order valence-electron chi connectivity index (χ0n) is 18.8. The number of halogens is 1. The molecule has 0 radical (unpaired) electrons. The third-order valence-electron chi connectivity index (χ3n) is 6.13. The quantitative estimate of drug-likeness (QED) is 0.686. The molecule has 1 saturated carbocycles. The van der Waals surface area contributed by atoms with Gasteiger partial charge >= 0.3 is 0 Å². The van der Waals surface area contributed by atoms with Crippen LogP contribution in [0.4, 0.5) is 0 Å². The highest BCUT2D eigenvalue weighted by atomic mass is 35.5. The van der Waals surface area contributed by atoms with Crippen LogP contribution >= 0.6 is 11.6 Å². The van der Waals surface area contributed by atoms with E-state index in [-0.39, 0.29) is 21.3 Å². The molecular formula is C24H30ClN3O3S. The van der Waals surface area contributed by atoms with Gasteiger partial charge in [-0.1, -0.05) is 23.7 Å². The highest BCUT2D eigenvalue weighted by molar-refractivity contribution is 7.88. The van der Waals surface area contributed by atoms with Crippen molar-refractivity contribution < 1.29 is 13.8 Å². The zero-order chi connectivity index (χ0) is 23.1. The fourth-order valence-corrected chi connectivity index (χ4v) is 6.51. The van der Waals surface area contributed by atoms with Crippen molar-refractivity contribution >= 4 is 34.2 Å². The first-order chi connectivity index (χ1) is 15.1. The summed E-state index contributed by atoms with van der Waals surface area (Å²) in [6.07, 6.45) is 2.53. The second-order valence-electron chi connectivity index (χ2n) is 9.71. The lowest BCUT2D eigenvalue weighted by molar-refractivity contribution is 0.0754. The van der Waals surface area contributed by atoms with Crippen molar-refractivity contribution in [1.29, 1.82) is 0 Å². The number of aromatic nitrogens is 1. The average Bonchev–Trinajstić information content (AvgIpc) is 3.44. The fourth-order valence-electron chi connectivity index (χ4n) is 4.34. The molecule has 4 rings (SSSR count). The second-order valence-corrected chi connectivity index (χ2v) is 12.8. The molecule has 0 bridgehead atoms. The Hall–Kier alpha value is -2.12. The Morgan fingerprint density at radius 1 is 1.12 bits per heavy atom. The standard InChI is InChI=1S/C24H30ClN3O3S/c1-23(2,3)32(31)24(11-12-24)16-27-13-4-14-28-19(9-10-20(28)22(27)30)21(29)26-15-17-5-7-18(25)8-6-17/h5-10H,4,11-16H2,1-3H3,(H,26,29). The number of fused-ring (bicyclic) bond motifs is 1. The van der Waals surface area contributed by atoms with Crippen molar-refractivity contribution in [3.05, 3.63) is 58.4 Å². The molecule has 1 unspecified atom stereocenters. The van der Waals surface area contributed by atoms with Gasteiger partial charge < -0.3 is 14.8 Å². The van der Waals surface area contributed by atoms with Gasteiger partial charge in [0.05, 0.1) is 4.75 Å². The van der Waals surface area contributed by atoms with Gasteiger partial charge in [-0.25, -0.2) is 0 Å². The van der Waals surface area contributed by atoms with Gasteiger partial charge in [-0.15, -0.1) is 0 Å². The lowest BCUT2D eigenvalue weighted by atomic mass is 10.2. The Balaban J connectivity index is 1.47. The van der Waals surface area contributed by atoms with E-state index < -0.39 is 10.8 Å². The normalized spacial score (nSPS) is 18.6. The van der Waals surface area contributed by atoms with Crippen LogP contribution in [0.5, 0.6) is 0 Å². The van der Waals surface area contributed by atoms with E-state index in [0.29, 0.717) is 42.6 Å². The number of nitrogens with one attached hydrogen (secondary N) is 1. The molecule has 6 nitrogen and oxygen atoms in total. The molecule has 8 heteroatoms. The van der Waals surface area contributed by atoms with Gasteiger partial charge in [-0.05, 0) is 69.9 Å². The number of carbonyl (C=O) groups excluding carboxylic acids is 2. The lowest BCUT2D eigenvalue weighted by Gasteiger charge is -2.30. The van der Waals surface area contributed by atoms with Gasteiger partial charge in [0.25, 0.3) is 11.8 Å². The van der Waals surface area contributed by atoms with Crippen LogP contribution in [0, 0.1) is 0 Å². The number of carbonyl (C=O) groups is 2. The number of rotatable bonds is 6. The maximum absolute atomic E-state index is 13.3. The third-order valence-corrected chi connectivity index (χ3v) is 8.82. The summed E-state index contributed by atoms with van der Waals surface area (Å²) in [6.45, 7) is 8.09. The molecule has 1 fully saturated rings. The molecule has 1 aromatic heterocycles. The molecule has 32 heavy (non-hydrogen) atoms. The largest absolute Gasteiger partial charge is 0.347 e. The molecule has 0 saturated heterocycles. The van der Waals surface area contributed by atoms with Gasteiger partial charge in [-0.3, -0.25) is 13.8 Å². The fraction of sp³-hybridized carbons (Fsp3) is 0.500. The maximum Gasteiger partial charge on any atom is 0.270 e. The first kappa shape index (κ1) is 23.1. The van der Waals surface area contributed by atoms with Crippen molar-refractivity contribution in [2.75, 3.05) is 13.1 Å². The first-order valence-corrected chi connectivity index (χ1v) is 12.6. The predicted molar refractivity (Wildman–Crippen MR) is 127 cm³/mol. The SMILES string of the molecule is CC(C)(C)S(=O)C1(CN2CCCn3c(C(=O)NCc4ccc(Cl)cc4)ccc3C2=O)CC1. The Morgan fingerprint density at radius 3 is 2.44 bits per heavy atom.